The number of hydrogen-bond donors (Lipinski definition) is 2. The Labute approximate surface area is 228 Å². The summed E-state index contributed by atoms with van der Waals surface area (Å²) in [5.74, 6) is 0.781. The highest BCUT2D eigenvalue weighted by Gasteiger charge is 2.35. The van der Waals surface area contributed by atoms with Gasteiger partial charge in [0.2, 0.25) is 5.91 Å². The normalized spacial score (nSPS) is 14.2. The van der Waals surface area contributed by atoms with Crippen LogP contribution in [0.5, 0.6) is 11.5 Å². The van der Waals surface area contributed by atoms with Crippen LogP contribution in [-0.4, -0.2) is 34.3 Å². The second kappa shape index (κ2) is 9.73. The third-order valence-corrected chi connectivity index (χ3v) is 7.58. The maximum Gasteiger partial charge on any atom is 0.331 e. The fourth-order valence-corrected chi connectivity index (χ4v) is 5.77. The summed E-state index contributed by atoms with van der Waals surface area (Å²) in [4.78, 5) is 47.3. The van der Waals surface area contributed by atoms with Crippen LogP contribution in [0.4, 0.5) is 21.9 Å². The van der Waals surface area contributed by atoms with Gasteiger partial charge in [-0.2, -0.15) is 0 Å². The van der Waals surface area contributed by atoms with Gasteiger partial charge in [0.25, 0.3) is 5.91 Å². The van der Waals surface area contributed by atoms with Gasteiger partial charge in [-0.1, -0.05) is 24.8 Å². The summed E-state index contributed by atoms with van der Waals surface area (Å²) in [5.41, 5.74) is 3.25. The number of urea groups is 1. The first kappa shape index (κ1) is 24.4. The van der Waals surface area contributed by atoms with Crippen LogP contribution < -0.4 is 20.3 Å². The number of benzene rings is 2. The second-order valence-electron chi connectivity index (χ2n) is 9.04. The minimum absolute atomic E-state index is 0.269. The molecule has 6 rings (SSSR count). The van der Waals surface area contributed by atoms with Gasteiger partial charge in [-0.15, -0.1) is 11.3 Å². The van der Waals surface area contributed by atoms with Gasteiger partial charge in [0, 0.05) is 31.1 Å². The summed E-state index contributed by atoms with van der Waals surface area (Å²) in [6, 6.07) is 16.4. The number of anilines is 3. The lowest BCUT2D eigenvalue weighted by Crippen LogP contribution is -2.35. The molecule has 0 atom stereocenters. The number of ether oxygens (including phenoxy) is 1. The molecule has 0 bridgehead atoms. The molecule has 0 saturated heterocycles. The number of thiophene rings is 1. The van der Waals surface area contributed by atoms with Crippen LogP contribution in [0.25, 0.3) is 10.2 Å². The number of aromatic nitrogens is 1. The molecule has 2 aliphatic rings. The molecule has 2 aromatic carbocycles. The van der Waals surface area contributed by atoms with E-state index in [1.807, 2.05) is 55.5 Å². The zero-order valence-electron chi connectivity index (χ0n) is 20.9. The molecule has 0 spiro atoms. The number of nitrogens with zero attached hydrogens (tertiary/aromatic N) is 3. The molecule has 2 aromatic heterocycles. The number of amides is 4. The fraction of sp³-hybridized carbons (Fsp3) is 0.103. The molecule has 4 aromatic rings. The Kier molecular flexibility index (Phi) is 6.08. The molecule has 4 amide bonds. The highest BCUT2D eigenvalue weighted by atomic mass is 32.1. The van der Waals surface area contributed by atoms with Crippen molar-refractivity contribution in [3.05, 3.63) is 95.8 Å². The Bertz CT molecular complexity index is 1690. The number of carbonyl (C=O) groups is 3. The van der Waals surface area contributed by atoms with E-state index < -0.39 is 0 Å². The van der Waals surface area contributed by atoms with Crippen molar-refractivity contribution in [3.63, 3.8) is 0 Å². The first-order valence-electron chi connectivity index (χ1n) is 12.2. The van der Waals surface area contributed by atoms with Gasteiger partial charge in [-0.3, -0.25) is 14.5 Å². The van der Waals surface area contributed by atoms with Crippen LogP contribution in [0.3, 0.4) is 0 Å². The lowest BCUT2D eigenvalue weighted by atomic mass is 10.1. The van der Waals surface area contributed by atoms with Gasteiger partial charge < -0.3 is 20.3 Å². The molecule has 194 valence electrons. The minimum atomic E-state index is -0.377. The van der Waals surface area contributed by atoms with E-state index in [0.29, 0.717) is 56.6 Å². The lowest BCUT2D eigenvalue weighted by molar-refractivity contribution is -0.115. The van der Waals surface area contributed by atoms with Gasteiger partial charge in [0.1, 0.15) is 21.2 Å². The summed E-state index contributed by atoms with van der Waals surface area (Å²) in [5, 5.41) is 6.35. The molecule has 2 N–H and O–H groups in total. The highest BCUT2D eigenvalue weighted by molar-refractivity contribution is 7.21. The van der Waals surface area contributed by atoms with Crippen molar-refractivity contribution in [2.24, 2.45) is 0 Å². The molecule has 10 heteroatoms. The monoisotopic (exact) mass is 537 g/mol. The molecule has 9 nitrogen and oxygen atoms in total. The average molecular weight is 538 g/mol. The predicted molar refractivity (Wildman–Crippen MR) is 151 cm³/mol. The minimum Gasteiger partial charge on any atom is -0.457 e. The SMILES string of the molecule is C=CC(=O)NC1=CN(C(=O)c2sc3nccc4c3c2NC(=O)N4c2ccc(Oc3ccccc3)cc2C)CC1. The summed E-state index contributed by atoms with van der Waals surface area (Å²) in [6.07, 6.45) is 4.95. The van der Waals surface area contributed by atoms with E-state index in [1.165, 1.54) is 22.3 Å². The van der Waals surface area contributed by atoms with Crippen LogP contribution in [-0.2, 0) is 4.79 Å². The highest BCUT2D eigenvalue weighted by Crippen LogP contribution is 2.47. The zero-order chi connectivity index (χ0) is 27.1. The molecule has 2 aliphatic heterocycles. The fourth-order valence-electron chi connectivity index (χ4n) is 4.69. The van der Waals surface area contributed by atoms with Gasteiger partial charge in [-0.05, 0) is 55.0 Å². The van der Waals surface area contributed by atoms with E-state index in [2.05, 4.69) is 22.2 Å². The number of carbonyl (C=O) groups excluding carboxylic acids is 3. The van der Waals surface area contributed by atoms with Gasteiger partial charge >= 0.3 is 6.03 Å². The molecule has 39 heavy (non-hydrogen) atoms. The Balaban J connectivity index is 1.34. The molecular weight excluding hydrogens is 514 g/mol. The van der Waals surface area contributed by atoms with Crippen molar-refractivity contribution in [2.75, 3.05) is 16.8 Å². The van der Waals surface area contributed by atoms with E-state index in [1.54, 1.807) is 23.4 Å². The summed E-state index contributed by atoms with van der Waals surface area (Å²) >= 11 is 1.23. The number of rotatable bonds is 6. The molecule has 0 aliphatic carbocycles. The number of para-hydroxylation sites is 1. The Morgan fingerprint density at radius 3 is 2.72 bits per heavy atom. The van der Waals surface area contributed by atoms with Gasteiger partial charge in [-0.25, -0.2) is 9.78 Å². The van der Waals surface area contributed by atoms with Crippen LogP contribution in [0.1, 0.15) is 21.7 Å². The molecule has 0 fully saturated rings. The van der Waals surface area contributed by atoms with Crippen LogP contribution in [0.15, 0.2) is 85.3 Å². The van der Waals surface area contributed by atoms with Crippen molar-refractivity contribution < 1.29 is 19.1 Å². The van der Waals surface area contributed by atoms with Crippen molar-refractivity contribution in [3.8, 4) is 11.5 Å². The van der Waals surface area contributed by atoms with Gasteiger partial charge in [0.15, 0.2) is 0 Å². The summed E-state index contributed by atoms with van der Waals surface area (Å²) in [6.45, 7) is 5.78. The number of aryl methyl sites for hydroxylation is 1. The first-order valence-corrected chi connectivity index (χ1v) is 13.1. The standard InChI is InChI=1S/C29H23N5O4S/c1-3-23(35)31-18-12-14-33(16-18)28(36)26-25-24-22(11-13-30-27(24)39-26)34(29(37)32-25)21-10-9-20(15-17(21)2)38-19-7-5-4-6-8-19/h3-11,13,15-16H,1,12,14H2,2H3,(H,31,35)(H,32,37). The lowest BCUT2D eigenvalue weighted by Gasteiger charge is -2.29. The number of pyridine rings is 1. The van der Waals surface area contributed by atoms with E-state index in [4.69, 9.17) is 4.74 Å². The van der Waals surface area contributed by atoms with Crippen LogP contribution in [0.2, 0.25) is 0 Å². The smallest absolute Gasteiger partial charge is 0.331 e. The molecule has 0 unspecified atom stereocenters. The third-order valence-electron chi connectivity index (χ3n) is 6.49. The van der Waals surface area contributed by atoms with Crippen molar-refractivity contribution in [1.82, 2.24) is 15.2 Å². The molecule has 0 radical (unpaired) electrons. The van der Waals surface area contributed by atoms with E-state index >= 15 is 0 Å². The van der Waals surface area contributed by atoms with Crippen molar-refractivity contribution in [1.29, 1.82) is 0 Å². The predicted octanol–water partition coefficient (Wildman–Crippen LogP) is 6.07. The number of hydrogen-bond acceptors (Lipinski definition) is 6. The number of nitrogens with one attached hydrogen (secondary N) is 2. The average Bonchev–Trinajstić information content (AvgIpc) is 3.55. The van der Waals surface area contributed by atoms with Crippen molar-refractivity contribution >= 4 is 56.5 Å². The second-order valence-corrected chi connectivity index (χ2v) is 10.0. The van der Waals surface area contributed by atoms with E-state index in [-0.39, 0.29) is 17.8 Å². The maximum atomic E-state index is 13.5. The largest absolute Gasteiger partial charge is 0.457 e. The maximum absolute atomic E-state index is 13.5. The van der Waals surface area contributed by atoms with Crippen LogP contribution >= 0.6 is 11.3 Å². The summed E-state index contributed by atoms with van der Waals surface area (Å²) in [7, 11) is 0. The molecule has 0 saturated carbocycles. The topological polar surface area (TPSA) is 104 Å². The van der Waals surface area contributed by atoms with Crippen molar-refractivity contribution in [2.45, 2.75) is 13.3 Å². The third kappa shape index (κ3) is 4.40. The molecular formula is C29H23N5O4S. The van der Waals surface area contributed by atoms with E-state index in [0.717, 1.165) is 11.3 Å². The zero-order valence-corrected chi connectivity index (χ0v) is 21.7. The Hall–Kier alpha value is -4.96. The van der Waals surface area contributed by atoms with Crippen LogP contribution in [0, 0.1) is 6.92 Å². The quantitative estimate of drug-likeness (QED) is 0.291. The van der Waals surface area contributed by atoms with Gasteiger partial charge in [0.05, 0.1) is 22.4 Å². The Morgan fingerprint density at radius 2 is 1.95 bits per heavy atom. The molecule has 4 heterocycles. The first-order chi connectivity index (χ1) is 18.9. The summed E-state index contributed by atoms with van der Waals surface area (Å²) < 4.78 is 5.95. The van der Waals surface area contributed by atoms with E-state index in [9.17, 15) is 14.4 Å². The Morgan fingerprint density at radius 1 is 1.13 bits per heavy atom.